The molecule has 0 saturated heterocycles. The molecule has 0 amide bonds. The number of nitrogens with zero attached hydrogens (tertiary/aromatic N) is 1. The van der Waals surface area contributed by atoms with Gasteiger partial charge in [0.25, 0.3) is 10.2 Å². The number of methoxy groups -OCH3 is 1. The van der Waals surface area contributed by atoms with Gasteiger partial charge in [-0.2, -0.15) is 12.7 Å². The number of hydrogen-bond donors (Lipinski definition) is 2. The molecule has 0 aromatic heterocycles. The Labute approximate surface area is 102 Å². The highest BCUT2D eigenvalue weighted by atomic mass is 35.5. The van der Waals surface area contributed by atoms with Gasteiger partial charge < -0.3 is 10.5 Å². The third-order valence-corrected chi connectivity index (χ3v) is 3.27. The van der Waals surface area contributed by atoms with Crippen molar-refractivity contribution in [1.82, 2.24) is 9.03 Å². The van der Waals surface area contributed by atoms with Gasteiger partial charge in [0, 0.05) is 26.7 Å². The Balaban J connectivity index is 0. The zero-order valence-corrected chi connectivity index (χ0v) is 10.9. The fraction of sp³-hybridized carbons (Fsp3) is 0.857. The molecule has 7 nitrogen and oxygen atoms in total. The maximum absolute atomic E-state index is 11.4. The van der Waals surface area contributed by atoms with E-state index in [1.54, 1.807) is 0 Å². The molecule has 0 aromatic carbocycles. The Bertz CT molecular complexity index is 296. The smallest absolute Gasteiger partial charge is 0.306 e. The molecule has 0 atom stereocenters. The zero-order chi connectivity index (χ0) is 11.9. The highest BCUT2D eigenvalue weighted by Crippen LogP contribution is 1.96. The summed E-state index contributed by atoms with van der Waals surface area (Å²) in [6.07, 6.45) is 0.0243. The SMILES string of the molecule is COC(=O)CCN(C)S(=O)(=O)NCCN.Cl. The van der Waals surface area contributed by atoms with Crippen molar-refractivity contribution in [1.29, 1.82) is 0 Å². The van der Waals surface area contributed by atoms with E-state index in [9.17, 15) is 13.2 Å². The predicted octanol–water partition coefficient (Wildman–Crippen LogP) is -1.30. The van der Waals surface area contributed by atoms with E-state index in [0.717, 1.165) is 4.31 Å². The van der Waals surface area contributed by atoms with E-state index < -0.39 is 16.2 Å². The van der Waals surface area contributed by atoms with Crippen LogP contribution in [0, 0.1) is 0 Å². The number of carbonyl (C=O) groups excluding carboxylic acids is 1. The molecule has 98 valence electrons. The molecule has 0 rings (SSSR count). The maximum atomic E-state index is 11.4. The molecule has 0 radical (unpaired) electrons. The summed E-state index contributed by atoms with van der Waals surface area (Å²) in [7, 11) is -0.901. The number of esters is 1. The standard InChI is InChI=1S/C7H17N3O4S.ClH/c1-10(6-3-7(11)14-2)15(12,13)9-5-4-8;/h9H,3-6,8H2,1-2H3;1H. The Morgan fingerprint density at radius 2 is 2.06 bits per heavy atom. The summed E-state index contributed by atoms with van der Waals surface area (Å²) in [6, 6.07) is 0. The predicted molar refractivity (Wildman–Crippen MR) is 62.5 cm³/mol. The summed E-state index contributed by atoms with van der Waals surface area (Å²) >= 11 is 0. The van der Waals surface area contributed by atoms with E-state index in [1.165, 1.54) is 14.2 Å². The van der Waals surface area contributed by atoms with Crippen molar-refractivity contribution in [3.8, 4) is 0 Å². The lowest BCUT2D eigenvalue weighted by atomic mass is 10.4. The normalized spacial score (nSPS) is 11.0. The van der Waals surface area contributed by atoms with E-state index in [4.69, 9.17) is 5.73 Å². The van der Waals surface area contributed by atoms with E-state index in [2.05, 4.69) is 9.46 Å². The van der Waals surface area contributed by atoms with Crippen LogP contribution in [0.15, 0.2) is 0 Å². The number of halogens is 1. The third-order valence-electron chi connectivity index (χ3n) is 1.70. The van der Waals surface area contributed by atoms with Crippen LogP contribution in [0.1, 0.15) is 6.42 Å². The van der Waals surface area contributed by atoms with Crippen molar-refractivity contribution in [2.45, 2.75) is 6.42 Å². The van der Waals surface area contributed by atoms with Gasteiger partial charge in [0.2, 0.25) is 0 Å². The van der Waals surface area contributed by atoms with Crippen LogP contribution in [0.2, 0.25) is 0 Å². The second kappa shape index (κ2) is 8.71. The number of rotatable bonds is 7. The lowest BCUT2D eigenvalue weighted by molar-refractivity contribution is -0.140. The first-order valence-electron chi connectivity index (χ1n) is 4.42. The summed E-state index contributed by atoms with van der Waals surface area (Å²) in [4.78, 5) is 10.8. The van der Waals surface area contributed by atoms with Gasteiger partial charge in [-0.1, -0.05) is 0 Å². The molecule has 9 heteroatoms. The average Bonchev–Trinajstić information content (AvgIpc) is 2.22. The monoisotopic (exact) mass is 275 g/mol. The van der Waals surface area contributed by atoms with Crippen molar-refractivity contribution in [3.63, 3.8) is 0 Å². The van der Waals surface area contributed by atoms with Gasteiger partial charge in [-0.05, 0) is 0 Å². The number of hydrogen-bond acceptors (Lipinski definition) is 5. The van der Waals surface area contributed by atoms with Crippen LogP contribution in [-0.4, -0.2) is 52.5 Å². The van der Waals surface area contributed by atoms with Gasteiger partial charge in [0.15, 0.2) is 0 Å². The molecule has 0 aliphatic carbocycles. The number of carbonyl (C=O) groups is 1. The van der Waals surface area contributed by atoms with Crippen LogP contribution >= 0.6 is 12.4 Å². The summed E-state index contributed by atoms with van der Waals surface area (Å²) < 4.78 is 30.5. The summed E-state index contributed by atoms with van der Waals surface area (Å²) in [5.74, 6) is -0.448. The van der Waals surface area contributed by atoms with Crippen molar-refractivity contribution in [2.24, 2.45) is 5.73 Å². The van der Waals surface area contributed by atoms with E-state index in [-0.39, 0.29) is 38.5 Å². The molecule has 0 aliphatic heterocycles. The number of nitrogens with two attached hydrogens (primary N) is 1. The zero-order valence-electron chi connectivity index (χ0n) is 9.30. The second-order valence-electron chi connectivity index (χ2n) is 2.84. The maximum Gasteiger partial charge on any atom is 0.306 e. The molecule has 0 spiro atoms. The molecule has 0 bridgehead atoms. The van der Waals surface area contributed by atoms with Crippen LogP contribution in [-0.2, 0) is 19.7 Å². The molecule has 0 aromatic rings. The van der Waals surface area contributed by atoms with Crippen LogP contribution in [0.4, 0.5) is 0 Å². The molecule has 16 heavy (non-hydrogen) atoms. The topological polar surface area (TPSA) is 102 Å². The number of ether oxygens (including phenoxy) is 1. The van der Waals surface area contributed by atoms with E-state index in [1.807, 2.05) is 0 Å². The summed E-state index contributed by atoms with van der Waals surface area (Å²) in [6.45, 7) is 0.474. The highest BCUT2D eigenvalue weighted by molar-refractivity contribution is 7.87. The Kier molecular flexibility index (Phi) is 9.78. The van der Waals surface area contributed by atoms with Crippen LogP contribution < -0.4 is 10.5 Å². The average molecular weight is 276 g/mol. The van der Waals surface area contributed by atoms with Gasteiger partial charge in [-0.25, -0.2) is 4.72 Å². The lowest BCUT2D eigenvalue weighted by Gasteiger charge is -2.16. The van der Waals surface area contributed by atoms with E-state index in [0.29, 0.717) is 0 Å². The quantitative estimate of drug-likeness (QED) is 0.562. The first-order valence-corrected chi connectivity index (χ1v) is 5.86. The van der Waals surface area contributed by atoms with Crippen molar-refractivity contribution in [2.75, 3.05) is 33.8 Å². The van der Waals surface area contributed by atoms with Crippen LogP contribution in [0.5, 0.6) is 0 Å². The van der Waals surface area contributed by atoms with Gasteiger partial charge >= 0.3 is 5.97 Å². The van der Waals surface area contributed by atoms with Gasteiger partial charge in [-0.15, -0.1) is 12.4 Å². The fourth-order valence-electron chi connectivity index (χ4n) is 0.769. The minimum absolute atomic E-state index is 0. The molecule has 0 aliphatic rings. The molecular weight excluding hydrogens is 258 g/mol. The molecular formula is C7H18ClN3O4S. The van der Waals surface area contributed by atoms with Gasteiger partial charge in [0.05, 0.1) is 13.5 Å². The molecule has 3 N–H and O–H groups in total. The van der Waals surface area contributed by atoms with Crippen LogP contribution in [0.25, 0.3) is 0 Å². The minimum Gasteiger partial charge on any atom is -0.469 e. The first kappa shape index (κ1) is 18.0. The van der Waals surface area contributed by atoms with Gasteiger partial charge in [0.1, 0.15) is 0 Å². The summed E-state index contributed by atoms with van der Waals surface area (Å²) in [5, 5.41) is 0. The number of nitrogens with one attached hydrogen (secondary N) is 1. The van der Waals surface area contributed by atoms with Crippen molar-refractivity contribution >= 4 is 28.6 Å². The van der Waals surface area contributed by atoms with Crippen LogP contribution in [0.3, 0.4) is 0 Å². The minimum atomic E-state index is -3.53. The van der Waals surface area contributed by atoms with Crippen molar-refractivity contribution < 1.29 is 17.9 Å². The Hall–Kier alpha value is -0.410. The largest absolute Gasteiger partial charge is 0.469 e. The summed E-state index contributed by atoms with van der Waals surface area (Å²) in [5.41, 5.74) is 5.16. The Morgan fingerprint density at radius 1 is 1.50 bits per heavy atom. The highest BCUT2D eigenvalue weighted by Gasteiger charge is 2.17. The molecule has 0 heterocycles. The second-order valence-corrected chi connectivity index (χ2v) is 4.70. The third kappa shape index (κ3) is 6.96. The van der Waals surface area contributed by atoms with Crippen molar-refractivity contribution in [3.05, 3.63) is 0 Å². The molecule has 0 fully saturated rings. The molecule has 0 unspecified atom stereocenters. The Morgan fingerprint density at radius 3 is 2.50 bits per heavy atom. The van der Waals surface area contributed by atoms with E-state index >= 15 is 0 Å². The fourth-order valence-corrected chi connectivity index (χ4v) is 1.70. The molecule has 0 saturated carbocycles. The van der Waals surface area contributed by atoms with Gasteiger partial charge in [-0.3, -0.25) is 4.79 Å². The first-order chi connectivity index (χ1) is 6.94. The lowest BCUT2D eigenvalue weighted by Crippen LogP contribution is -2.41.